The molecule has 2 rings (SSSR count). The van der Waals surface area contributed by atoms with Gasteiger partial charge < -0.3 is 5.32 Å². The number of carbonyl (C=O) groups is 1. The van der Waals surface area contributed by atoms with Gasteiger partial charge in [0.2, 0.25) is 5.91 Å². The molecule has 1 atom stereocenters. The lowest BCUT2D eigenvalue weighted by molar-refractivity contribution is -0.122. The second-order valence-electron chi connectivity index (χ2n) is 5.91. The maximum absolute atomic E-state index is 12.1. The lowest BCUT2D eigenvalue weighted by atomic mass is 10.1. The summed E-state index contributed by atoms with van der Waals surface area (Å²) in [5, 5.41) is 5.08. The SMILES string of the molecule is Cc1ccc(CN(C)CC(=O)N[C@@H](C)c2cccs2)c(C)c1. The van der Waals surface area contributed by atoms with Crippen molar-refractivity contribution in [3.05, 3.63) is 57.3 Å². The number of hydrogen-bond acceptors (Lipinski definition) is 3. The van der Waals surface area contributed by atoms with Crippen LogP contribution < -0.4 is 5.32 Å². The second kappa shape index (κ2) is 7.56. The van der Waals surface area contributed by atoms with Gasteiger partial charge in [-0.25, -0.2) is 0 Å². The number of nitrogens with one attached hydrogen (secondary N) is 1. The van der Waals surface area contributed by atoms with E-state index in [1.165, 1.54) is 21.6 Å². The third kappa shape index (κ3) is 4.68. The fourth-order valence-corrected chi connectivity index (χ4v) is 3.25. The molecule has 1 heterocycles. The predicted molar refractivity (Wildman–Crippen MR) is 93.1 cm³/mol. The lowest BCUT2D eigenvalue weighted by Gasteiger charge is -2.19. The van der Waals surface area contributed by atoms with Crippen molar-refractivity contribution in [3.63, 3.8) is 0 Å². The average molecular weight is 316 g/mol. The summed E-state index contributed by atoms with van der Waals surface area (Å²) < 4.78 is 0. The van der Waals surface area contributed by atoms with Gasteiger partial charge in [-0.2, -0.15) is 0 Å². The fourth-order valence-electron chi connectivity index (χ4n) is 2.51. The highest BCUT2D eigenvalue weighted by molar-refractivity contribution is 7.10. The zero-order chi connectivity index (χ0) is 16.1. The maximum atomic E-state index is 12.1. The standard InChI is InChI=1S/C18H24N2OS/c1-13-7-8-16(14(2)10-13)11-20(4)12-18(21)19-15(3)17-6-5-9-22-17/h5-10,15H,11-12H2,1-4H3,(H,19,21)/t15-/m0/s1. The summed E-state index contributed by atoms with van der Waals surface area (Å²) in [6.07, 6.45) is 0. The summed E-state index contributed by atoms with van der Waals surface area (Å²) in [6, 6.07) is 10.6. The van der Waals surface area contributed by atoms with E-state index in [2.05, 4.69) is 43.4 Å². The van der Waals surface area contributed by atoms with Crippen molar-refractivity contribution in [3.8, 4) is 0 Å². The first-order valence-electron chi connectivity index (χ1n) is 7.53. The fraction of sp³-hybridized carbons (Fsp3) is 0.389. The van der Waals surface area contributed by atoms with Crippen molar-refractivity contribution in [2.24, 2.45) is 0 Å². The highest BCUT2D eigenvalue weighted by Gasteiger charge is 2.13. The predicted octanol–water partition coefficient (Wildman–Crippen LogP) is 3.67. The number of aryl methyl sites for hydroxylation is 2. The van der Waals surface area contributed by atoms with Crippen LogP contribution in [-0.2, 0) is 11.3 Å². The number of nitrogens with zero attached hydrogens (tertiary/aromatic N) is 1. The zero-order valence-electron chi connectivity index (χ0n) is 13.7. The van der Waals surface area contributed by atoms with Crippen LogP contribution in [0.4, 0.5) is 0 Å². The Bertz CT molecular complexity index is 622. The van der Waals surface area contributed by atoms with E-state index in [4.69, 9.17) is 0 Å². The molecule has 1 N–H and O–H groups in total. The highest BCUT2D eigenvalue weighted by atomic mass is 32.1. The minimum atomic E-state index is 0.0631. The first-order valence-corrected chi connectivity index (χ1v) is 8.41. The summed E-state index contributed by atoms with van der Waals surface area (Å²) in [5.41, 5.74) is 3.82. The van der Waals surface area contributed by atoms with Crippen LogP contribution in [0.15, 0.2) is 35.7 Å². The van der Waals surface area contributed by atoms with Crippen LogP contribution in [0, 0.1) is 13.8 Å². The Balaban J connectivity index is 1.86. The Kier molecular flexibility index (Phi) is 5.75. The van der Waals surface area contributed by atoms with Crippen LogP contribution >= 0.6 is 11.3 Å². The quantitative estimate of drug-likeness (QED) is 0.882. The zero-order valence-corrected chi connectivity index (χ0v) is 14.5. The summed E-state index contributed by atoms with van der Waals surface area (Å²) >= 11 is 1.67. The first kappa shape index (κ1) is 16.7. The number of hydrogen-bond donors (Lipinski definition) is 1. The molecule has 4 heteroatoms. The topological polar surface area (TPSA) is 32.3 Å². The van der Waals surface area contributed by atoms with Gasteiger partial charge in [0.05, 0.1) is 12.6 Å². The van der Waals surface area contributed by atoms with Crippen molar-refractivity contribution in [1.29, 1.82) is 0 Å². The Hall–Kier alpha value is -1.65. The largest absolute Gasteiger partial charge is 0.348 e. The van der Waals surface area contributed by atoms with Crippen molar-refractivity contribution < 1.29 is 4.79 Å². The molecule has 0 spiro atoms. The van der Waals surface area contributed by atoms with Crippen LogP contribution in [0.2, 0.25) is 0 Å². The van der Waals surface area contributed by atoms with Crippen LogP contribution in [0.1, 0.15) is 34.5 Å². The lowest BCUT2D eigenvalue weighted by Crippen LogP contribution is -2.36. The number of likely N-dealkylation sites (N-methyl/N-ethyl adjacent to an activating group) is 1. The van der Waals surface area contributed by atoms with Crippen molar-refractivity contribution >= 4 is 17.2 Å². The van der Waals surface area contributed by atoms with Gasteiger partial charge >= 0.3 is 0 Å². The molecule has 1 aromatic carbocycles. The monoisotopic (exact) mass is 316 g/mol. The molecule has 0 fully saturated rings. The molecule has 1 amide bonds. The van der Waals surface area contributed by atoms with Crippen LogP contribution in [0.3, 0.4) is 0 Å². The molecule has 0 saturated heterocycles. The maximum Gasteiger partial charge on any atom is 0.234 e. The summed E-state index contributed by atoms with van der Waals surface area (Å²) in [4.78, 5) is 15.4. The van der Waals surface area contributed by atoms with Gasteiger partial charge in [-0.3, -0.25) is 9.69 Å². The van der Waals surface area contributed by atoms with Crippen LogP contribution in [0.25, 0.3) is 0 Å². The molecule has 0 bridgehead atoms. The third-order valence-corrected chi connectivity index (χ3v) is 4.75. The smallest absolute Gasteiger partial charge is 0.234 e. The van der Waals surface area contributed by atoms with Gasteiger partial charge in [-0.05, 0) is 50.4 Å². The molecule has 2 aromatic rings. The summed E-state index contributed by atoms with van der Waals surface area (Å²) in [7, 11) is 1.98. The Morgan fingerprint density at radius 2 is 2.09 bits per heavy atom. The molecule has 3 nitrogen and oxygen atoms in total. The number of carbonyl (C=O) groups excluding carboxylic acids is 1. The van der Waals surface area contributed by atoms with Crippen molar-refractivity contribution in [2.75, 3.05) is 13.6 Å². The molecule has 0 aliphatic carbocycles. The minimum absolute atomic E-state index is 0.0631. The van der Waals surface area contributed by atoms with Crippen LogP contribution in [-0.4, -0.2) is 24.4 Å². The number of amides is 1. The van der Waals surface area contributed by atoms with E-state index in [1.807, 2.05) is 30.3 Å². The van der Waals surface area contributed by atoms with E-state index in [9.17, 15) is 4.79 Å². The Labute approximate surface area is 137 Å². The second-order valence-corrected chi connectivity index (χ2v) is 6.89. The molecule has 0 saturated carbocycles. The van der Waals surface area contributed by atoms with E-state index in [-0.39, 0.29) is 11.9 Å². The van der Waals surface area contributed by atoms with Gasteiger partial charge in [0.1, 0.15) is 0 Å². The molecule has 0 aliphatic heterocycles. The van der Waals surface area contributed by atoms with Gasteiger partial charge in [-0.15, -0.1) is 11.3 Å². The average Bonchev–Trinajstić information content (AvgIpc) is 2.95. The number of benzene rings is 1. The molecular weight excluding hydrogens is 292 g/mol. The molecule has 0 aliphatic rings. The molecule has 1 aromatic heterocycles. The van der Waals surface area contributed by atoms with E-state index in [0.29, 0.717) is 6.54 Å². The van der Waals surface area contributed by atoms with Crippen molar-refractivity contribution in [2.45, 2.75) is 33.4 Å². The molecule has 0 radical (unpaired) electrons. The van der Waals surface area contributed by atoms with E-state index in [0.717, 1.165) is 6.54 Å². The molecule has 0 unspecified atom stereocenters. The van der Waals surface area contributed by atoms with Gasteiger partial charge in [-0.1, -0.05) is 29.8 Å². The minimum Gasteiger partial charge on any atom is -0.348 e. The van der Waals surface area contributed by atoms with E-state index < -0.39 is 0 Å². The normalized spacial score (nSPS) is 12.4. The van der Waals surface area contributed by atoms with E-state index in [1.54, 1.807) is 11.3 Å². The number of rotatable bonds is 6. The highest BCUT2D eigenvalue weighted by Crippen LogP contribution is 2.18. The number of thiophene rings is 1. The third-order valence-electron chi connectivity index (χ3n) is 3.70. The summed E-state index contributed by atoms with van der Waals surface area (Å²) in [5.74, 6) is 0.0631. The Morgan fingerprint density at radius 3 is 2.73 bits per heavy atom. The molecule has 22 heavy (non-hydrogen) atoms. The van der Waals surface area contributed by atoms with Crippen LogP contribution in [0.5, 0.6) is 0 Å². The first-order chi connectivity index (χ1) is 10.5. The molecule has 118 valence electrons. The summed E-state index contributed by atoms with van der Waals surface area (Å²) in [6.45, 7) is 7.43. The van der Waals surface area contributed by atoms with Gasteiger partial charge in [0.15, 0.2) is 0 Å². The van der Waals surface area contributed by atoms with Crippen molar-refractivity contribution in [1.82, 2.24) is 10.2 Å². The van der Waals surface area contributed by atoms with Gasteiger partial charge in [0, 0.05) is 11.4 Å². The van der Waals surface area contributed by atoms with Gasteiger partial charge in [0.25, 0.3) is 0 Å². The van der Waals surface area contributed by atoms with E-state index >= 15 is 0 Å². The molecular formula is C18H24N2OS. The Morgan fingerprint density at radius 1 is 1.32 bits per heavy atom.